The lowest BCUT2D eigenvalue weighted by Crippen LogP contribution is -2.40. The molecule has 1 aromatic rings. The Morgan fingerprint density at radius 2 is 1.74 bits per heavy atom. The fourth-order valence-electron chi connectivity index (χ4n) is 1.33. The van der Waals surface area contributed by atoms with E-state index < -0.39 is 29.3 Å². The molecule has 0 fully saturated rings. The standard InChI is InChI=1S/C10H10BrClF3NO2S/c11-8-1-3-9(4-2-8)19(17,18)16(6-5-12)7-10(13,14)15/h1-4H,5-7H2. The first-order valence-corrected chi connectivity index (χ1v) is 7.82. The van der Waals surface area contributed by atoms with E-state index in [0.29, 0.717) is 8.78 Å². The third-order valence-corrected chi connectivity index (χ3v) is 4.70. The molecule has 0 saturated heterocycles. The van der Waals surface area contributed by atoms with Gasteiger partial charge in [-0.3, -0.25) is 0 Å². The summed E-state index contributed by atoms with van der Waals surface area (Å²) in [5, 5.41) is 0. The fraction of sp³-hybridized carbons (Fsp3) is 0.400. The number of hydrogen-bond acceptors (Lipinski definition) is 2. The molecule has 0 heterocycles. The Morgan fingerprint density at radius 3 is 2.16 bits per heavy atom. The highest BCUT2D eigenvalue weighted by Crippen LogP contribution is 2.23. The highest BCUT2D eigenvalue weighted by Gasteiger charge is 2.36. The molecule has 0 spiro atoms. The minimum Gasteiger partial charge on any atom is -0.207 e. The summed E-state index contributed by atoms with van der Waals surface area (Å²) in [6.07, 6.45) is -4.62. The van der Waals surface area contributed by atoms with Crippen LogP contribution in [0.3, 0.4) is 0 Å². The Hall–Kier alpha value is -0.310. The van der Waals surface area contributed by atoms with Gasteiger partial charge in [-0.15, -0.1) is 11.6 Å². The van der Waals surface area contributed by atoms with Crippen molar-refractivity contribution in [3.8, 4) is 0 Å². The third kappa shape index (κ3) is 4.94. The molecular formula is C10H10BrClF3NO2S. The average Bonchev–Trinajstić information content (AvgIpc) is 2.27. The topological polar surface area (TPSA) is 37.4 Å². The van der Waals surface area contributed by atoms with Gasteiger partial charge in [-0.1, -0.05) is 15.9 Å². The molecule has 0 aliphatic rings. The number of benzene rings is 1. The number of hydrogen-bond donors (Lipinski definition) is 0. The van der Waals surface area contributed by atoms with E-state index in [-0.39, 0.29) is 10.8 Å². The summed E-state index contributed by atoms with van der Waals surface area (Å²) in [5.41, 5.74) is 0. The smallest absolute Gasteiger partial charge is 0.207 e. The van der Waals surface area contributed by atoms with Crippen LogP contribution in [0.1, 0.15) is 0 Å². The molecule has 0 unspecified atom stereocenters. The second-order valence-electron chi connectivity index (χ2n) is 3.60. The van der Waals surface area contributed by atoms with Crippen LogP contribution in [0, 0.1) is 0 Å². The fourth-order valence-corrected chi connectivity index (χ4v) is 3.33. The monoisotopic (exact) mass is 379 g/mol. The van der Waals surface area contributed by atoms with Crippen molar-refractivity contribution in [2.24, 2.45) is 0 Å². The second kappa shape index (κ2) is 6.43. The quantitative estimate of drug-likeness (QED) is 0.736. The van der Waals surface area contributed by atoms with Crippen LogP contribution in [-0.4, -0.2) is 37.9 Å². The molecule has 108 valence electrons. The SMILES string of the molecule is O=S(=O)(c1ccc(Br)cc1)N(CCCl)CC(F)(F)F. The maximum Gasteiger partial charge on any atom is 0.402 e. The molecule has 0 aliphatic heterocycles. The van der Waals surface area contributed by atoms with Crippen molar-refractivity contribution >= 4 is 37.6 Å². The Bertz CT molecular complexity index is 519. The van der Waals surface area contributed by atoms with Crippen molar-refractivity contribution in [3.63, 3.8) is 0 Å². The van der Waals surface area contributed by atoms with E-state index in [1.54, 1.807) is 0 Å². The van der Waals surface area contributed by atoms with E-state index in [4.69, 9.17) is 11.6 Å². The first-order chi connectivity index (χ1) is 8.66. The zero-order chi connectivity index (χ0) is 14.7. The number of nitrogens with zero attached hydrogens (tertiary/aromatic N) is 1. The average molecular weight is 381 g/mol. The summed E-state index contributed by atoms with van der Waals surface area (Å²) in [6.45, 7) is -1.96. The second-order valence-corrected chi connectivity index (χ2v) is 6.83. The molecule has 0 atom stereocenters. The molecule has 0 aliphatic carbocycles. The minimum atomic E-state index is -4.62. The molecule has 0 aromatic heterocycles. The van der Waals surface area contributed by atoms with Crippen LogP contribution in [0.25, 0.3) is 0 Å². The van der Waals surface area contributed by atoms with Gasteiger partial charge in [0.2, 0.25) is 10.0 Å². The predicted molar refractivity (Wildman–Crippen MR) is 69.7 cm³/mol. The van der Waals surface area contributed by atoms with Gasteiger partial charge in [0.1, 0.15) is 6.54 Å². The lowest BCUT2D eigenvalue weighted by molar-refractivity contribution is -0.135. The van der Waals surface area contributed by atoms with Crippen LogP contribution < -0.4 is 0 Å². The van der Waals surface area contributed by atoms with Gasteiger partial charge >= 0.3 is 6.18 Å². The molecule has 1 aromatic carbocycles. The molecule has 0 saturated carbocycles. The Morgan fingerprint density at radius 1 is 1.21 bits per heavy atom. The molecule has 1 rings (SSSR count). The molecule has 9 heteroatoms. The molecule has 0 radical (unpaired) electrons. The number of alkyl halides is 4. The predicted octanol–water partition coefficient (Wildman–Crippen LogP) is 3.24. The van der Waals surface area contributed by atoms with Crippen molar-refractivity contribution in [1.82, 2.24) is 4.31 Å². The van der Waals surface area contributed by atoms with Gasteiger partial charge in [0, 0.05) is 16.9 Å². The first kappa shape index (κ1) is 16.7. The Kier molecular flexibility index (Phi) is 5.66. The van der Waals surface area contributed by atoms with Gasteiger partial charge in [-0.25, -0.2) is 8.42 Å². The van der Waals surface area contributed by atoms with Crippen molar-refractivity contribution in [3.05, 3.63) is 28.7 Å². The summed E-state index contributed by atoms with van der Waals surface area (Å²) >= 11 is 8.48. The van der Waals surface area contributed by atoms with Gasteiger partial charge in [-0.05, 0) is 24.3 Å². The molecule has 19 heavy (non-hydrogen) atoms. The Labute approximate surface area is 122 Å². The lowest BCUT2D eigenvalue weighted by atomic mass is 10.4. The minimum absolute atomic E-state index is 0.204. The van der Waals surface area contributed by atoms with E-state index in [2.05, 4.69) is 15.9 Å². The Balaban J connectivity index is 3.09. The van der Waals surface area contributed by atoms with E-state index >= 15 is 0 Å². The lowest BCUT2D eigenvalue weighted by Gasteiger charge is -2.22. The number of sulfonamides is 1. The normalized spacial score (nSPS) is 12.9. The van der Waals surface area contributed by atoms with E-state index in [1.807, 2.05) is 0 Å². The van der Waals surface area contributed by atoms with Gasteiger partial charge in [-0.2, -0.15) is 17.5 Å². The highest BCUT2D eigenvalue weighted by atomic mass is 79.9. The number of rotatable bonds is 5. The van der Waals surface area contributed by atoms with Crippen molar-refractivity contribution in [2.75, 3.05) is 19.0 Å². The van der Waals surface area contributed by atoms with Gasteiger partial charge < -0.3 is 0 Å². The third-order valence-electron chi connectivity index (χ3n) is 2.14. The highest BCUT2D eigenvalue weighted by molar-refractivity contribution is 9.10. The molecular weight excluding hydrogens is 371 g/mol. The van der Waals surface area contributed by atoms with Crippen molar-refractivity contribution in [2.45, 2.75) is 11.1 Å². The molecule has 0 N–H and O–H groups in total. The van der Waals surface area contributed by atoms with E-state index in [0.717, 1.165) is 0 Å². The summed E-state index contributed by atoms with van der Waals surface area (Å²) in [6, 6.07) is 5.35. The van der Waals surface area contributed by atoms with Crippen LogP contribution in [0.2, 0.25) is 0 Å². The summed E-state index contributed by atoms with van der Waals surface area (Å²) < 4.78 is 62.2. The zero-order valence-corrected chi connectivity index (χ0v) is 12.7. The van der Waals surface area contributed by atoms with Crippen molar-refractivity contribution in [1.29, 1.82) is 0 Å². The summed E-state index contributed by atoms with van der Waals surface area (Å²) in [7, 11) is -4.21. The first-order valence-electron chi connectivity index (χ1n) is 5.05. The molecule has 0 bridgehead atoms. The maximum absolute atomic E-state index is 12.4. The van der Waals surface area contributed by atoms with Crippen LogP contribution in [-0.2, 0) is 10.0 Å². The van der Waals surface area contributed by atoms with E-state index in [1.165, 1.54) is 24.3 Å². The number of halogens is 5. The largest absolute Gasteiger partial charge is 0.402 e. The van der Waals surface area contributed by atoms with Crippen molar-refractivity contribution < 1.29 is 21.6 Å². The molecule has 0 amide bonds. The van der Waals surface area contributed by atoms with Gasteiger partial charge in [0.05, 0.1) is 4.90 Å². The van der Waals surface area contributed by atoms with Gasteiger partial charge in [0.15, 0.2) is 0 Å². The van der Waals surface area contributed by atoms with Gasteiger partial charge in [0.25, 0.3) is 0 Å². The molecule has 3 nitrogen and oxygen atoms in total. The van der Waals surface area contributed by atoms with E-state index in [9.17, 15) is 21.6 Å². The summed E-state index contributed by atoms with van der Waals surface area (Å²) in [5.74, 6) is -0.216. The van der Waals surface area contributed by atoms with Crippen LogP contribution >= 0.6 is 27.5 Å². The zero-order valence-electron chi connectivity index (χ0n) is 9.49. The summed E-state index contributed by atoms with van der Waals surface area (Å²) in [4.78, 5) is -0.204. The van der Waals surface area contributed by atoms with Crippen LogP contribution in [0.5, 0.6) is 0 Å². The van der Waals surface area contributed by atoms with Crippen LogP contribution in [0.4, 0.5) is 13.2 Å². The maximum atomic E-state index is 12.4. The van der Waals surface area contributed by atoms with Crippen LogP contribution in [0.15, 0.2) is 33.6 Å².